The van der Waals surface area contributed by atoms with Crippen molar-refractivity contribution in [2.45, 2.75) is 19.7 Å². The SMILES string of the molecule is O=C(NCc1ccsc1)NCc1ccccc1CO. The van der Waals surface area contributed by atoms with Gasteiger partial charge in [-0.15, -0.1) is 0 Å². The number of aliphatic hydroxyl groups is 1. The van der Waals surface area contributed by atoms with Crippen LogP contribution >= 0.6 is 11.3 Å². The smallest absolute Gasteiger partial charge is 0.315 e. The van der Waals surface area contributed by atoms with Crippen LogP contribution in [0, 0.1) is 0 Å². The number of benzene rings is 1. The summed E-state index contributed by atoms with van der Waals surface area (Å²) in [5.41, 5.74) is 2.85. The number of hydrogen-bond donors (Lipinski definition) is 3. The summed E-state index contributed by atoms with van der Waals surface area (Å²) in [6.07, 6.45) is 0. The molecule has 0 unspecified atom stereocenters. The summed E-state index contributed by atoms with van der Waals surface area (Å²) in [7, 11) is 0. The lowest BCUT2D eigenvalue weighted by atomic mass is 10.1. The van der Waals surface area contributed by atoms with Crippen LogP contribution in [-0.2, 0) is 19.7 Å². The second kappa shape index (κ2) is 6.92. The highest BCUT2D eigenvalue weighted by molar-refractivity contribution is 7.07. The molecule has 4 nitrogen and oxygen atoms in total. The standard InChI is InChI=1S/C14H16N2O2S/c17-9-13-4-2-1-3-12(13)8-16-14(18)15-7-11-5-6-19-10-11/h1-6,10,17H,7-9H2,(H2,15,16,18). The first-order valence-electron chi connectivity index (χ1n) is 6.00. The minimum absolute atomic E-state index is 0.0195. The van der Waals surface area contributed by atoms with E-state index in [1.807, 2.05) is 41.1 Å². The third-order valence-electron chi connectivity index (χ3n) is 2.76. The monoisotopic (exact) mass is 276 g/mol. The molecule has 5 heteroatoms. The molecule has 1 aromatic heterocycles. The van der Waals surface area contributed by atoms with Crippen LogP contribution in [0.4, 0.5) is 4.79 Å². The number of carbonyl (C=O) groups excluding carboxylic acids is 1. The largest absolute Gasteiger partial charge is 0.392 e. The molecule has 0 spiro atoms. The van der Waals surface area contributed by atoms with Crippen molar-refractivity contribution in [3.63, 3.8) is 0 Å². The molecule has 100 valence electrons. The van der Waals surface area contributed by atoms with E-state index in [9.17, 15) is 9.90 Å². The van der Waals surface area contributed by atoms with Gasteiger partial charge in [-0.3, -0.25) is 0 Å². The number of thiophene rings is 1. The molecule has 0 saturated heterocycles. The molecule has 0 fully saturated rings. The molecule has 2 rings (SSSR count). The van der Waals surface area contributed by atoms with Crippen LogP contribution in [0.25, 0.3) is 0 Å². The second-order valence-electron chi connectivity index (χ2n) is 4.09. The molecular formula is C14H16N2O2S. The van der Waals surface area contributed by atoms with Gasteiger partial charge < -0.3 is 15.7 Å². The highest BCUT2D eigenvalue weighted by atomic mass is 32.1. The molecule has 2 aromatic rings. The number of amides is 2. The Balaban J connectivity index is 1.80. The average Bonchev–Trinajstić information content (AvgIpc) is 2.96. The van der Waals surface area contributed by atoms with Crippen LogP contribution in [0.1, 0.15) is 16.7 Å². The fourth-order valence-corrected chi connectivity index (χ4v) is 2.37. The van der Waals surface area contributed by atoms with Crippen LogP contribution < -0.4 is 10.6 Å². The van der Waals surface area contributed by atoms with Gasteiger partial charge in [0.25, 0.3) is 0 Å². The van der Waals surface area contributed by atoms with Gasteiger partial charge in [0.1, 0.15) is 0 Å². The van der Waals surface area contributed by atoms with Crippen LogP contribution in [-0.4, -0.2) is 11.1 Å². The molecular weight excluding hydrogens is 260 g/mol. The van der Waals surface area contributed by atoms with Crippen LogP contribution in [0.15, 0.2) is 41.1 Å². The Labute approximate surface area is 116 Å². The van der Waals surface area contributed by atoms with Crippen molar-refractivity contribution in [3.8, 4) is 0 Å². The minimum atomic E-state index is -0.209. The average molecular weight is 276 g/mol. The van der Waals surface area contributed by atoms with Crippen molar-refractivity contribution >= 4 is 17.4 Å². The Morgan fingerprint density at radius 1 is 1.11 bits per heavy atom. The molecule has 1 heterocycles. The molecule has 0 aliphatic heterocycles. The lowest BCUT2D eigenvalue weighted by Gasteiger charge is -2.09. The number of rotatable bonds is 5. The number of urea groups is 1. The van der Waals surface area contributed by atoms with E-state index in [0.29, 0.717) is 13.1 Å². The van der Waals surface area contributed by atoms with E-state index < -0.39 is 0 Å². The first-order chi connectivity index (χ1) is 9.29. The molecule has 0 aliphatic carbocycles. The Hall–Kier alpha value is -1.85. The summed E-state index contributed by atoms with van der Waals surface area (Å²) in [6.45, 7) is 0.914. The topological polar surface area (TPSA) is 61.4 Å². The van der Waals surface area contributed by atoms with Crippen molar-refractivity contribution in [1.82, 2.24) is 10.6 Å². The third kappa shape index (κ3) is 4.08. The third-order valence-corrected chi connectivity index (χ3v) is 3.49. The molecule has 0 aliphatic rings. The maximum atomic E-state index is 11.6. The zero-order chi connectivity index (χ0) is 13.5. The van der Waals surface area contributed by atoms with Gasteiger partial charge in [-0.2, -0.15) is 11.3 Å². The number of aliphatic hydroxyl groups excluding tert-OH is 1. The fraction of sp³-hybridized carbons (Fsp3) is 0.214. The molecule has 19 heavy (non-hydrogen) atoms. The zero-order valence-corrected chi connectivity index (χ0v) is 11.2. The van der Waals surface area contributed by atoms with Crippen LogP contribution in [0.5, 0.6) is 0 Å². The zero-order valence-electron chi connectivity index (χ0n) is 10.4. The van der Waals surface area contributed by atoms with Gasteiger partial charge in [0.05, 0.1) is 6.61 Å². The molecule has 0 radical (unpaired) electrons. The summed E-state index contributed by atoms with van der Waals surface area (Å²) in [4.78, 5) is 11.6. The lowest BCUT2D eigenvalue weighted by molar-refractivity contribution is 0.240. The fourth-order valence-electron chi connectivity index (χ4n) is 1.70. The summed E-state index contributed by atoms with van der Waals surface area (Å²) < 4.78 is 0. The predicted octanol–water partition coefficient (Wildman–Crippen LogP) is 2.24. The van der Waals surface area contributed by atoms with E-state index >= 15 is 0 Å². The maximum absolute atomic E-state index is 11.6. The van der Waals surface area contributed by atoms with Crippen molar-refractivity contribution in [1.29, 1.82) is 0 Å². The van der Waals surface area contributed by atoms with Crippen molar-refractivity contribution in [3.05, 3.63) is 57.8 Å². The molecule has 0 bridgehead atoms. The van der Waals surface area contributed by atoms with E-state index in [1.54, 1.807) is 11.3 Å². The van der Waals surface area contributed by atoms with Gasteiger partial charge in [-0.05, 0) is 33.5 Å². The number of carbonyl (C=O) groups is 1. The quantitative estimate of drug-likeness (QED) is 0.784. The predicted molar refractivity (Wildman–Crippen MR) is 75.8 cm³/mol. The minimum Gasteiger partial charge on any atom is -0.392 e. The van der Waals surface area contributed by atoms with E-state index in [1.165, 1.54) is 0 Å². The summed E-state index contributed by atoms with van der Waals surface area (Å²) >= 11 is 1.61. The Morgan fingerprint density at radius 3 is 2.53 bits per heavy atom. The van der Waals surface area contributed by atoms with Gasteiger partial charge in [-0.1, -0.05) is 24.3 Å². The van der Waals surface area contributed by atoms with E-state index in [4.69, 9.17) is 0 Å². The molecule has 3 N–H and O–H groups in total. The summed E-state index contributed by atoms with van der Waals surface area (Å²) in [6, 6.07) is 9.27. The Bertz CT molecular complexity index is 526. The van der Waals surface area contributed by atoms with E-state index in [-0.39, 0.29) is 12.6 Å². The van der Waals surface area contributed by atoms with Crippen molar-refractivity contribution in [2.75, 3.05) is 0 Å². The maximum Gasteiger partial charge on any atom is 0.315 e. The van der Waals surface area contributed by atoms with Gasteiger partial charge >= 0.3 is 6.03 Å². The second-order valence-corrected chi connectivity index (χ2v) is 4.87. The normalized spacial score (nSPS) is 10.2. The number of nitrogens with one attached hydrogen (secondary N) is 2. The highest BCUT2D eigenvalue weighted by Gasteiger charge is 2.03. The lowest BCUT2D eigenvalue weighted by Crippen LogP contribution is -2.34. The van der Waals surface area contributed by atoms with Gasteiger partial charge in [-0.25, -0.2) is 4.79 Å². The van der Waals surface area contributed by atoms with E-state index in [0.717, 1.165) is 16.7 Å². The molecule has 1 aromatic carbocycles. The first kappa shape index (κ1) is 13.6. The van der Waals surface area contributed by atoms with Gasteiger partial charge in [0.2, 0.25) is 0 Å². The molecule has 0 saturated carbocycles. The molecule has 2 amide bonds. The van der Waals surface area contributed by atoms with E-state index in [2.05, 4.69) is 10.6 Å². The Kier molecular flexibility index (Phi) is 4.94. The van der Waals surface area contributed by atoms with Gasteiger partial charge in [0, 0.05) is 13.1 Å². The highest BCUT2D eigenvalue weighted by Crippen LogP contribution is 2.08. The van der Waals surface area contributed by atoms with Gasteiger partial charge in [0.15, 0.2) is 0 Å². The van der Waals surface area contributed by atoms with Crippen molar-refractivity contribution < 1.29 is 9.90 Å². The molecule has 0 atom stereocenters. The van der Waals surface area contributed by atoms with Crippen molar-refractivity contribution in [2.24, 2.45) is 0 Å². The first-order valence-corrected chi connectivity index (χ1v) is 6.94. The summed E-state index contributed by atoms with van der Waals surface area (Å²) in [5.74, 6) is 0. The van der Waals surface area contributed by atoms with Crippen LogP contribution in [0.3, 0.4) is 0 Å². The Morgan fingerprint density at radius 2 is 1.84 bits per heavy atom. The summed E-state index contributed by atoms with van der Waals surface area (Å²) in [5, 5.41) is 18.7. The number of hydrogen-bond acceptors (Lipinski definition) is 3. The van der Waals surface area contributed by atoms with Crippen LogP contribution in [0.2, 0.25) is 0 Å².